The van der Waals surface area contributed by atoms with Gasteiger partial charge in [0.25, 0.3) is 5.91 Å². The lowest BCUT2D eigenvalue weighted by atomic mass is 10.0. The molecular formula is C21H23ClF4N6O4. The zero-order chi connectivity index (χ0) is 26.4. The number of carbonyl (C=O) groups excluding carboxylic acids is 2. The molecule has 196 valence electrons. The first-order valence-corrected chi connectivity index (χ1v) is 11.2. The summed E-state index contributed by atoms with van der Waals surface area (Å²) in [4.78, 5) is 32.9. The minimum absolute atomic E-state index is 0.0584. The third-order valence-corrected chi connectivity index (χ3v) is 6.18. The van der Waals surface area contributed by atoms with Gasteiger partial charge in [-0.3, -0.25) is 14.3 Å². The van der Waals surface area contributed by atoms with Crippen molar-refractivity contribution < 1.29 is 37.1 Å². The first-order valence-electron chi connectivity index (χ1n) is 10.8. The summed E-state index contributed by atoms with van der Waals surface area (Å²) in [7, 11) is 2.36. The SMILES string of the molecule is CN(CC(F)(F)F)C(=O)C1Cn2nc3c(c2C(O)N(C)O1)CN(C(=O)Nc1ccc(F)c(Cl)c1)CC3. The van der Waals surface area contributed by atoms with E-state index >= 15 is 0 Å². The van der Waals surface area contributed by atoms with Crippen molar-refractivity contribution >= 4 is 29.2 Å². The smallest absolute Gasteiger partial charge is 0.371 e. The number of benzene rings is 1. The molecule has 4 rings (SSSR count). The number of urea groups is 1. The number of alkyl halides is 3. The number of halogens is 5. The van der Waals surface area contributed by atoms with Gasteiger partial charge in [-0.2, -0.15) is 23.3 Å². The van der Waals surface area contributed by atoms with Crippen LogP contribution in [0, 0.1) is 5.82 Å². The maximum absolute atomic E-state index is 13.4. The van der Waals surface area contributed by atoms with E-state index < -0.39 is 42.8 Å². The van der Waals surface area contributed by atoms with E-state index in [2.05, 4.69) is 10.4 Å². The van der Waals surface area contributed by atoms with Crippen LogP contribution in [0.2, 0.25) is 5.02 Å². The fourth-order valence-electron chi connectivity index (χ4n) is 4.16. The molecule has 10 nitrogen and oxygen atoms in total. The average Bonchev–Trinajstić information content (AvgIpc) is 3.09. The molecule has 2 aliphatic heterocycles. The summed E-state index contributed by atoms with van der Waals surface area (Å²) in [6.45, 7) is -1.35. The van der Waals surface area contributed by atoms with E-state index in [1.807, 2.05) is 0 Å². The van der Waals surface area contributed by atoms with Gasteiger partial charge in [0.1, 0.15) is 12.4 Å². The molecule has 0 spiro atoms. The second kappa shape index (κ2) is 9.84. The molecule has 2 unspecified atom stereocenters. The van der Waals surface area contributed by atoms with Crippen molar-refractivity contribution in [3.05, 3.63) is 46.0 Å². The minimum atomic E-state index is -4.58. The summed E-state index contributed by atoms with van der Waals surface area (Å²) in [6.07, 6.45) is -7.01. The van der Waals surface area contributed by atoms with Gasteiger partial charge in [-0.1, -0.05) is 11.6 Å². The van der Waals surface area contributed by atoms with Crippen LogP contribution in [0.15, 0.2) is 18.2 Å². The van der Waals surface area contributed by atoms with E-state index in [0.717, 1.165) is 18.2 Å². The number of amides is 3. The second-order valence-corrected chi connectivity index (χ2v) is 8.95. The number of aromatic nitrogens is 2. The molecule has 1 aromatic heterocycles. The Labute approximate surface area is 207 Å². The molecule has 0 saturated carbocycles. The summed E-state index contributed by atoms with van der Waals surface area (Å²) < 4.78 is 53.0. The van der Waals surface area contributed by atoms with Crippen LogP contribution in [0.1, 0.15) is 23.2 Å². The molecule has 2 aliphatic rings. The molecule has 0 bridgehead atoms. The Bertz CT molecular complexity index is 1180. The zero-order valence-electron chi connectivity index (χ0n) is 19.2. The van der Waals surface area contributed by atoms with Gasteiger partial charge in [0.2, 0.25) is 0 Å². The lowest BCUT2D eigenvalue weighted by Crippen LogP contribution is -2.45. The highest BCUT2D eigenvalue weighted by molar-refractivity contribution is 6.31. The van der Waals surface area contributed by atoms with Crippen molar-refractivity contribution in [3.8, 4) is 0 Å². The van der Waals surface area contributed by atoms with E-state index in [1.54, 1.807) is 0 Å². The normalized spacial score (nSPS) is 20.4. The van der Waals surface area contributed by atoms with Gasteiger partial charge in [-0.05, 0) is 18.2 Å². The lowest BCUT2D eigenvalue weighted by Gasteiger charge is -2.29. The van der Waals surface area contributed by atoms with E-state index in [4.69, 9.17) is 16.4 Å². The monoisotopic (exact) mass is 534 g/mol. The number of carbonyl (C=O) groups is 2. The number of likely N-dealkylation sites (N-methyl/N-ethyl adjacent to an activating group) is 1. The van der Waals surface area contributed by atoms with E-state index in [0.29, 0.717) is 28.3 Å². The number of fused-ring (bicyclic) bond motifs is 3. The van der Waals surface area contributed by atoms with Crippen LogP contribution >= 0.6 is 11.6 Å². The Morgan fingerprint density at radius 1 is 1.36 bits per heavy atom. The molecule has 0 fully saturated rings. The van der Waals surface area contributed by atoms with Crippen molar-refractivity contribution in [1.29, 1.82) is 0 Å². The number of nitrogens with one attached hydrogen (secondary N) is 1. The van der Waals surface area contributed by atoms with Crippen LogP contribution in [0.25, 0.3) is 0 Å². The Hall–Kier alpha value is -2.94. The topological polar surface area (TPSA) is 103 Å². The van der Waals surface area contributed by atoms with Crippen LogP contribution in [0.3, 0.4) is 0 Å². The highest BCUT2D eigenvalue weighted by Gasteiger charge is 2.40. The Morgan fingerprint density at radius 2 is 2.08 bits per heavy atom. The molecule has 3 amide bonds. The predicted octanol–water partition coefficient (Wildman–Crippen LogP) is 2.52. The van der Waals surface area contributed by atoms with Crippen LogP contribution in [0.5, 0.6) is 0 Å². The molecule has 0 saturated heterocycles. The van der Waals surface area contributed by atoms with Crippen molar-refractivity contribution in [1.82, 2.24) is 24.6 Å². The molecule has 2 N–H and O–H groups in total. The predicted molar refractivity (Wildman–Crippen MR) is 118 cm³/mol. The Balaban J connectivity index is 1.54. The molecule has 0 aliphatic carbocycles. The summed E-state index contributed by atoms with van der Waals surface area (Å²) in [5.74, 6) is -1.55. The fourth-order valence-corrected chi connectivity index (χ4v) is 4.34. The van der Waals surface area contributed by atoms with Crippen LogP contribution in [-0.4, -0.2) is 81.2 Å². The molecule has 2 atom stereocenters. The average molecular weight is 535 g/mol. The van der Waals surface area contributed by atoms with Gasteiger partial charge in [0.15, 0.2) is 12.3 Å². The number of hydrogen-bond donors (Lipinski definition) is 2. The maximum atomic E-state index is 13.4. The number of anilines is 1. The van der Waals surface area contributed by atoms with Crippen LogP contribution < -0.4 is 5.32 Å². The van der Waals surface area contributed by atoms with Crippen LogP contribution in [-0.2, 0) is 29.1 Å². The molecule has 2 aromatic rings. The quantitative estimate of drug-likeness (QED) is 0.587. The van der Waals surface area contributed by atoms with Gasteiger partial charge >= 0.3 is 12.2 Å². The largest absolute Gasteiger partial charge is 0.406 e. The number of hydrogen-bond acceptors (Lipinski definition) is 6. The zero-order valence-corrected chi connectivity index (χ0v) is 20.0. The fraction of sp³-hybridized carbons (Fsp3) is 0.476. The second-order valence-electron chi connectivity index (χ2n) is 8.55. The highest BCUT2D eigenvalue weighted by atomic mass is 35.5. The van der Waals surface area contributed by atoms with Crippen molar-refractivity contribution in [2.45, 2.75) is 38.0 Å². The van der Waals surface area contributed by atoms with Gasteiger partial charge in [-0.15, -0.1) is 0 Å². The summed E-state index contributed by atoms with van der Waals surface area (Å²) in [5.41, 5.74) is 1.68. The van der Waals surface area contributed by atoms with Gasteiger partial charge in [-0.25, -0.2) is 9.18 Å². The summed E-state index contributed by atoms with van der Waals surface area (Å²) in [5, 5.41) is 18.8. The van der Waals surface area contributed by atoms with Gasteiger partial charge in [0.05, 0.1) is 29.5 Å². The lowest BCUT2D eigenvalue weighted by molar-refractivity contribution is -0.249. The van der Waals surface area contributed by atoms with Crippen molar-refractivity contribution in [2.24, 2.45) is 0 Å². The highest BCUT2D eigenvalue weighted by Crippen LogP contribution is 2.32. The third kappa shape index (κ3) is 5.40. The summed E-state index contributed by atoms with van der Waals surface area (Å²) >= 11 is 5.77. The van der Waals surface area contributed by atoms with Crippen molar-refractivity contribution in [3.63, 3.8) is 0 Å². The van der Waals surface area contributed by atoms with E-state index in [-0.39, 0.29) is 30.4 Å². The van der Waals surface area contributed by atoms with Gasteiger partial charge in [0, 0.05) is 38.3 Å². The number of rotatable bonds is 3. The number of hydroxylamine groups is 2. The first kappa shape index (κ1) is 26.1. The number of nitrogens with zero attached hydrogens (tertiary/aromatic N) is 5. The maximum Gasteiger partial charge on any atom is 0.406 e. The van der Waals surface area contributed by atoms with Crippen molar-refractivity contribution in [2.75, 3.05) is 32.5 Å². The molecule has 3 heterocycles. The Kier molecular flexibility index (Phi) is 7.14. The standard InChI is InChI=1S/C21H23ClF4N6O4/c1-29(10-21(24,25)26)18(33)16-9-32-17(19(34)30(2)36-16)12-8-31(6-5-15(12)28-32)20(35)27-11-3-4-14(23)13(22)7-11/h3-4,7,16,19,34H,5-6,8-10H2,1-2H3,(H,27,35). The number of aliphatic hydroxyl groups excluding tert-OH is 1. The third-order valence-electron chi connectivity index (χ3n) is 5.89. The van der Waals surface area contributed by atoms with E-state index in [1.165, 1.54) is 28.8 Å². The number of aliphatic hydroxyl groups is 1. The summed E-state index contributed by atoms with van der Waals surface area (Å²) in [6, 6.07) is 3.28. The molecule has 1 aromatic carbocycles. The Morgan fingerprint density at radius 3 is 2.75 bits per heavy atom. The molecular weight excluding hydrogens is 512 g/mol. The molecule has 36 heavy (non-hydrogen) atoms. The molecule has 0 radical (unpaired) electrons. The van der Waals surface area contributed by atoms with Crippen LogP contribution in [0.4, 0.5) is 28.0 Å². The van der Waals surface area contributed by atoms with Gasteiger partial charge < -0.3 is 20.2 Å². The molecule has 15 heteroatoms. The van der Waals surface area contributed by atoms with E-state index in [9.17, 15) is 32.3 Å². The first-order chi connectivity index (χ1) is 16.8. The minimum Gasteiger partial charge on any atom is -0.371 e.